The Balaban J connectivity index is 2.05. The SMILES string of the molecule is CC(C)[C@@H](C)/C=C/[C@@H](C)C1CC[C@H]2C(O)CCC[C@]12C. The molecule has 1 heteroatoms. The van der Waals surface area contributed by atoms with E-state index in [1.54, 1.807) is 0 Å². The number of fused-ring (bicyclic) bond motifs is 1. The summed E-state index contributed by atoms with van der Waals surface area (Å²) in [4.78, 5) is 0. The van der Waals surface area contributed by atoms with Crippen LogP contribution in [0.25, 0.3) is 0 Å². The zero-order chi connectivity index (χ0) is 14.9. The van der Waals surface area contributed by atoms with E-state index in [9.17, 15) is 5.11 Å². The molecule has 20 heavy (non-hydrogen) atoms. The summed E-state index contributed by atoms with van der Waals surface area (Å²) in [5, 5.41) is 10.3. The van der Waals surface area contributed by atoms with E-state index in [1.807, 2.05) is 0 Å². The van der Waals surface area contributed by atoms with Crippen molar-refractivity contribution in [3.8, 4) is 0 Å². The molecule has 2 unspecified atom stereocenters. The summed E-state index contributed by atoms with van der Waals surface area (Å²) < 4.78 is 0. The lowest BCUT2D eigenvalue weighted by Gasteiger charge is -2.44. The molecule has 0 aliphatic heterocycles. The Morgan fingerprint density at radius 3 is 2.40 bits per heavy atom. The zero-order valence-corrected chi connectivity index (χ0v) is 14.1. The molecule has 0 heterocycles. The summed E-state index contributed by atoms with van der Waals surface area (Å²) in [7, 11) is 0. The van der Waals surface area contributed by atoms with Crippen LogP contribution >= 0.6 is 0 Å². The van der Waals surface area contributed by atoms with E-state index in [-0.39, 0.29) is 6.10 Å². The Morgan fingerprint density at radius 2 is 1.75 bits per heavy atom. The maximum atomic E-state index is 10.3. The molecule has 1 nitrogen and oxygen atoms in total. The number of aliphatic hydroxyl groups is 1. The van der Waals surface area contributed by atoms with E-state index in [4.69, 9.17) is 0 Å². The van der Waals surface area contributed by atoms with Gasteiger partial charge in [-0.2, -0.15) is 0 Å². The van der Waals surface area contributed by atoms with Crippen molar-refractivity contribution in [1.82, 2.24) is 0 Å². The van der Waals surface area contributed by atoms with E-state index in [0.29, 0.717) is 23.2 Å². The molecule has 0 aromatic carbocycles. The monoisotopic (exact) mass is 278 g/mol. The van der Waals surface area contributed by atoms with Gasteiger partial charge in [0.25, 0.3) is 0 Å². The van der Waals surface area contributed by atoms with Gasteiger partial charge in [0.15, 0.2) is 0 Å². The van der Waals surface area contributed by atoms with E-state index < -0.39 is 0 Å². The molecule has 0 bridgehead atoms. The predicted molar refractivity (Wildman–Crippen MR) is 86.5 cm³/mol. The lowest BCUT2D eigenvalue weighted by Crippen LogP contribution is -2.41. The van der Waals surface area contributed by atoms with Crippen molar-refractivity contribution < 1.29 is 5.11 Å². The fraction of sp³-hybridized carbons (Fsp3) is 0.895. The maximum Gasteiger partial charge on any atom is 0.0573 e. The van der Waals surface area contributed by atoms with E-state index in [1.165, 1.54) is 25.7 Å². The first-order valence-electron chi connectivity index (χ1n) is 8.72. The van der Waals surface area contributed by atoms with Gasteiger partial charge in [0.2, 0.25) is 0 Å². The van der Waals surface area contributed by atoms with Crippen LogP contribution in [0, 0.1) is 35.0 Å². The Hall–Kier alpha value is -0.300. The zero-order valence-electron chi connectivity index (χ0n) is 14.1. The van der Waals surface area contributed by atoms with Crippen LogP contribution in [0.4, 0.5) is 0 Å². The quantitative estimate of drug-likeness (QED) is 0.714. The number of rotatable bonds is 4. The van der Waals surface area contributed by atoms with Crippen molar-refractivity contribution in [2.75, 3.05) is 0 Å². The van der Waals surface area contributed by atoms with Gasteiger partial charge >= 0.3 is 0 Å². The Morgan fingerprint density at radius 1 is 1.05 bits per heavy atom. The van der Waals surface area contributed by atoms with E-state index in [2.05, 4.69) is 46.8 Å². The Bertz CT molecular complexity index is 346. The molecule has 0 spiro atoms. The minimum absolute atomic E-state index is 0.0375. The fourth-order valence-corrected chi connectivity index (χ4v) is 4.76. The van der Waals surface area contributed by atoms with Crippen LogP contribution in [0.2, 0.25) is 0 Å². The van der Waals surface area contributed by atoms with Gasteiger partial charge in [-0.05, 0) is 60.7 Å². The molecular weight excluding hydrogens is 244 g/mol. The third kappa shape index (κ3) is 2.98. The fourth-order valence-electron chi connectivity index (χ4n) is 4.76. The van der Waals surface area contributed by atoms with Gasteiger partial charge in [-0.1, -0.05) is 53.2 Å². The minimum Gasteiger partial charge on any atom is -0.393 e. The largest absolute Gasteiger partial charge is 0.393 e. The van der Waals surface area contributed by atoms with Crippen molar-refractivity contribution in [2.45, 2.75) is 72.8 Å². The molecule has 0 amide bonds. The van der Waals surface area contributed by atoms with Gasteiger partial charge < -0.3 is 5.11 Å². The summed E-state index contributed by atoms with van der Waals surface area (Å²) in [6.07, 6.45) is 10.9. The molecular formula is C19H34O. The number of hydrogen-bond acceptors (Lipinski definition) is 1. The van der Waals surface area contributed by atoms with Gasteiger partial charge in [-0.25, -0.2) is 0 Å². The van der Waals surface area contributed by atoms with Crippen LogP contribution < -0.4 is 0 Å². The molecule has 0 aromatic heterocycles. The molecule has 1 N–H and O–H groups in total. The number of allylic oxidation sites excluding steroid dienone is 2. The highest BCUT2D eigenvalue weighted by Gasteiger charge is 2.51. The van der Waals surface area contributed by atoms with Crippen LogP contribution in [-0.4, -0.2) is 11.2 Å². The Labute approximate surface area is 125 Å². The van der Waals surface area contributed by atoms with Crippen molar-refractivity contribution >= 4 is 0 Å². The summed E-state index contributed by atoms with van der Waals surface area (Å²) in [6, 6.07) is 0. The lowest BCUT2D eigenvalue weighted by atomic mass is 9.62. The highest BCUT2D eigenvalue weighted by Crippen LogP contribution is 2.57. The van der Waals surface area contributed by atoms with Crippen LogP contribution in [-0.2, 0) is 0 Å². The number of hydrogen-bond donors (Lipinski definition) is 1. The summed E-state index contributed by atoms with van der Waals surface area (Å²) in [5.41, 5.74) is 0.377. The normalized spacial score (nSPS) is 41.0. The molecule has 116 valence electrons. The minimum atomic E-state index is -0.0375. The standard InChI is InChI=1S/C19H34O/c1-13(2)14(3)8-9-15(4)16-10-11-17-18(20)7-6-12-19(16,17)5/h8-9,13-18,20H,6-7,10-12H2,1-5H3/b9-8+/t14-,15+,16?,17-,18?,19+/m0/s1. The first-order chi connectivity index (χ1) is 9.36. The summed E-state index contributed by atoms with van der Waals surface area (Å²) in [6.45, 7) is 11.8. The lowest BCUT2D eigenvalue weighted by molar-refractivity contribution is -0.0231. The topological polar surface area (TPSA) is 20.2 Å². The summed E-state index contributed by atoms with van der Waals surface area (Å²) >= 11 is 0. The highest BCUT2D eigenvalue weighted by atomic mass is 16.3. The van der Waals surface area contributed by atoms with E-state index >= 15 is 0 Å². The number of aliphatic hydroxyl groups excluding tert-OH is 1. The maximum absolute atomic E-state index is 10.3. The second-order valence-corrected chi connectivity index (χ2v) is 8.10. The van der Waals surface area contributed by atoms with Crippen LogP contribution in [0.3, 0.4) is 0 Å². The molecule has 2 rings (SSSR count). The third-order valence-corrected chi connectivity index (χ3v) is 6.57. The van der Waals surface area contributed by atoms with E-state index in [0.717, 1.165) is 18.3 Å². The predicted octanol–water partition coefficient (Wildman–Crippen LogP) is 5.05. The molecule has 6 atom stereocenters. The van der Waals surface area contributed by atoms with Crippen molar-refractivity contribution in [2.24, 2.45) is 35.0 Å². The second-order valence-electron chi connectivity index (χ2n) is 8.10. The third-order valence-electron chi connectivity index (χ3n) is 6.57. The molecule has 0 saturated heterocycles. The Kier molecular flexibility index (Phi) is 5.00. The first-order valence-corrected chi connectivity index (χ1v) is 8.72. The molecule has 2 aliphatic rings. The highest BCUT2D eigenvalue weighted by molar-refractivity contribution is 5.05. The average molecular weight is 278 g/mol. The van der Waals surface area contributed by atoms with Gasteiger partial charge in [0.1, 0.15) is 0 Å². The van der Waals surface area contributed by atoms with Gasteiger partial charge in [0.05, 0.1) is 6.10 Å². The molecule has 2 saturated carbocycles. The van der Waals surface area contributed by atoms with Crippen LogP contribution in [0.5, 0.6) is 0 Å². The first kappa shape index (κ1) is 16.1. The van der Waals surface area contributed by atoms with Crippen LogP contribution in [0.15, 0.2) is 12.2 Å². The molecule has 0 aromatic rings. The van der Waals surface area contributed by atoms with Gasteiger partial charge in [0, 0.05) is 0 Å². The molecule has 2 fully saturated rings. The smallest absolute Gasteiger partial charge is 0.0573 e. The van der Waals surface area contributed by atoms with Gasteiger partial charge in [-0.15, -0.1) is 0 Å². The average Bonchev–Trinajstić information content (AvgIpc) is 2.74. The molecule has 0 radical (unpaired) electrons. The van der Waals surface area contributed by atoms with Crippen LogP contribution in [0.1, 0.15) is 66.7 Å². The van der Waals surface area contributed by atoms with Crippen molar-refractivity contribution in [3.05, 3.63) is 12.2 Å². The van der Waals surface area contributed by atoms with Crippen molar-refractivity contribution in [1.29, 1.82) is 0 Å². The molecule has 2 aliphatic carbocycles. The second kappa shape index (κ2) is 6.22. The van der Waals surface area contributed by atoms with Crippen molar-refractivity contribution in [3.63, 3.8) is 0 Å². The van der Waals surface area contributed by atoms with Gasteiger partial charge in [-0.3, -0.25) is 0 Å². The summed E-state index contributed by atoms with van der Waals surface area (Å²) in [5.74, 6) is 3.36.